The number of amides is 1. The van der Waals surface area contributed by atoms with Crippen molar-refractivity contribution in [3.05, 3.63) is 47.7 Å². The number of nitrogens with one attached hydrogen (secondary N) is 1. The molecule has 1 heterocycles. The predicted molar refractivity (Wildman–Crippen MR) is 78.3 cm³/mol. The quantitative estimate of drug-likeness (QED) is 0.882. The van der Waals surface area contributed by atoms with Crippen LogP contribution in [0.1, 0.15) is 40.4 Å². The summed E-state index contributed by atoms with van der Waals surface area (Å²) >= 11 is 0. The summed E-state index contributed by atoms with van der Waals surface area (Å²) in [4.78, 5) is 22.6. The van der Waals surface area contributed by atoms with E-state index in [4.69, 9.17) is 14.3 Å². The van der Waals surface area contributed by atoms with Crippen LogP contribution in [0.2, 0.25) is 0 Å². The third-order valence-corrected chi connectivity index (χ3v) is 3.58. The van der Waals surface area contributed by atoms with Crippen molar-refractivity contribution in [3.8, 4) is 5.75 Å². The van der Waals surface area contributed by atoms with E-state index in [-0.39, 0.29) is 29.1 Å². The Bertz CT molecular complexity index is 751. The molecule has 2 aromatic rings. The Morgan fingerprint density at radius 2 is 1.96 bits per heavy atom. The smallest absolute Gasteiger partial charge is 0.371 e. The molecule has 0 spiro atoms. The van der Waals surface area contributed by atoms with Crippen molar-refractivity contribution < 1.29 is 28.2 Å². The van der Waals surface area contributed by atoms with Crippen molar-refractivity contribution in [1.82, 2.24) is 0 Å². The standard InChI is InChI=1S/C16H14FNO5/c17-11-8-9(4-5-12(11)22-10-2-1-3-10)18-15(19)13-6-7-14(23-13)16(20)21/h4-8,10H,1-3H2,(H,18,19)(H,20,21). The third-order valence-electron chi connectivity index (χ3n) is 3.58. The molecule has 0 saturated heterocycles. The van der Waals surface area contributed by atoms with E-state index in [1.54, 1.807) is 0 Å². The molecule has 1 aromatic carbocycles. The molecular weight excluding hydrogens is 305 g/mol. The molecule has 0 unspecified atom stereocenters. The van der Waals surface area contributed by atoms with Gasteiger partial charge in [-0.2, -0.15) is 0 Å². The second-order valence-corrected chi connectivity index (χ2v) is 5.24. The summed E-state index contributed by atoms with van der Waals surface area (Å²) in [7, 11) is 0. The number of rotatable bonds is 5. The molecule has 1 fully saturated rings. The Hall–Kier alpha value is -2.83. The van der Waals surface area contributed by atoms with E-state index in [0.29, 0.717) is 0 Å². The maximum atomic E-state index is 14.0. The predicted octanol–water partition coefficient (Wildman–Crippen LogP) is 3.30. The lowest BCUT2D eigenvalue weighted by atomic mass is 9.96. The topological polar surface area (TPSA) is 88.8 Å². The molecule has 23 heavy (non-hydrogen) atoms. The van der Waals surface area contributed by atoms with Gasteiger partial charge in [-0.1, -0.05) is 0 Å². The number of furan rings is 1. The van der Waals surface area contributed by atoms with Crippen LogP contribution in [0.15, 0.2) is 34.7 Å². The normalized spacial score (nSPS) is 14.1. The summed E-state index contributed by atoms with van der Waals surface area (Å²) in [5.74, 6) is -2.86. The third kappa shape index (κ3) is 3.33. The van der Waals surface area contributed by atoms with Gasteiger partial charge in [-0.25, -0.2) is 9.18 Å². The minimum atomic E-state index is -1.27. The highest BCUT2D eigenvalue weighted by atomic mass is 19.1. The first-order chi connectivity index (χ1) is 11.0. The molecule has 120 valence electrons. The molecule has 1 aromatic heterocycles. The lowest BCUT2D eigenvalue weighted by Crippen LogP contribution is -2.25. The van der Waals surface area contributed by atoms with Gasteiger partial charge >= 0.3 is 5.97 Å². The average molecular weight is 319 g/mol. The van der Waals surface area contributed by atoms with Crippen molar-refractivity contribution in [2.75, 3.05) is 5.32 Å². The monoisotopic (exact) mass is 319 g/mol. The molecule has 3 rings (SSSR count). The van der Waals surface area contributed by atoms with Gasteiger partial charge in [0, 0.05) is 11.8 Å². The Morgan fingerprint density at radius 3 is 2.52 bits per heavy atom. The average Bonchev–Trinajstić information content (AvgIpc) is 2.94. The fraction of sp³-hybridized carbons (Fsp3) is 0.250. The summed E-state index contributed by atoms with van der Waals surface area (Å²) < 4.78 is 24.3. The van der Waals surface area contributed by atoms with Crippen LogP contribution in [0.25, 0.3) is 0 Å². The molecule has 1 saturated carbocycles. The van der Waals surface area contributed by atoms with E-state index in [2.05, 4.69) is 5.32 Å². The van der Waals surface area contributed by atoms with Gasteiger partial charge in [-0.3, -0.25) is 4.79 Å². The van der Waals surface area contributed by atoms with Gasteiger partial charge in [0.25, 0.3) is 5.91 Å². The van der Waals surface area contributed by atoms with E-state index in [1.807, 2.05) is 0 Å². The minimum Gasteiger partial charge on any atom is -0.487 e. The first kappa shape index (κ1) is 15.1. The molecular formula is C16H14FNO5. The molecule has 0 aliphatic heterocycles. The van der Waals surface area contributed by atoms with Crippen molar-refractivity contribution >= 4 is 17.6 Å². The molecule has 1 aliphatic rings. The second kappa shape index (κ2) is 6.12. The largest absolute Gasteiger partial charge is 0.487 e. The maximum absolute atomic E-state index is 14.0. The molecule has 1 aliphatic carbocycles. The number of hydrogen-bond donors (Lipinski definition) is 2. The number of carboxylic acids is 1. The van der Waals surface area contributed by atoms with E-state index in [1.165, 1.54) is 24.3 Å². The maximum Gasteiger partial charge on any atom is 0.371 e. The van der Waals surface area contributed by atoms with Gasteiger partial charge in [-0.15, -0.1) is 0 Å². The van der Waals surface area contributed by atoms with Gasteiger partial charge in [0.15, 0.2) is 17.3 Å². The van der Waals surface area contributed by atoms with Crippen LogP contribution in [0.5, 0.6) is 5.75 Å². The van der Waals surface area contributed by atoms with Crippen LogP contribution >= 0.6 is 0 Å². The zero-order valence-corrected chi connectivity index (χ0v) is 12.0. The van der Waals surface area contributed by atoms with Crippen LogP contribution in [0.3, 0.4) is 0 Å². The van der Waals surface area contributed by atoms with Gasteiger partial charge in [-0.05, 0) is 43.5 Å². The Kier molecular flexibility index (Phi) is 4.01. The summed E-state index contributed by atoms with van der Waals surface area (Å²) in [6.45, 7) is 0. The minimum absolute atomic E-state index is 0.0579. The Morgan fingerprint density at radius 1 is 1.22 bits per heavy atom. The van der Waals surface area contributed by atoms with Crippen molar-refractivity contribution in [3.63, 3.8) is 0 Å². The van der Waals surface area contributed by atoms with Gasteiger partial charge in [0.1, 0.15) is 0 Å². The van der Waals surface area contributed by atoms with Crippen molar-refractivity contribution in [1.29, 1.82) is 0 Å². The van der Waals surface area contributed by atoms with Crippen LogP contribution in [-0.2, 0) is 0 Å². The van der Waals surface area contributed by atoms with Gasteiger partial charge < -0.3 is 19.6 Å². The first-order valence-electron chi connectivity index (χ1n) is 7.13. The van der Waals surface area contributed by atoms with Gasteiger partial charge in [0.2, 0.25) is 5.76 Å². The van der Waals surface area contributed by atoms with Crippen LogP contribution < -0.4 is 10.1 Å². The lowest BCUT2D eigenvalue weighted by molar-refractivity contribution is 0.0660. The molecule has 0 bridgehead atoms. The number of hydrogen-bond acceptors (Lipinski definition) is 4. The van der Waals surface area contributed by atoms with Gasteiger partial charge in [0.05, 0.1) is 6.10 Å². The zero-order valence-electron chi connectivity index (χ0n) is 12.0. The SMILES string of the molecule is O=C(O)c1ccc(C(=O)Nc2ccc(OC3CCC3)c(F)c2)o1. The molecule has 1 amide bonds. The molecule has 6 nitrogen and oxygen atoms in total. The summed E-state index contributed by atoms with van der Waals surface area (Å²) in [6.07, 6.45) is 2.98. The number of carbonyl (C=O) groups excluding carboxylic acids is 1. The summed E-state index contributed by atoms with van der Waals surface area (Å²) in [6, 6.07) is 6.52. The van der Waals surface area contributed by atoms with E-state index in [0.717, 1.165) is 25.3 Å². The van der Waals surface area contributed by atoms with Crippen LogP contribution in [0, 0.1) is 5.82 Å². The summed E-state index contributed by atoms with van der Waals surface area (Å²) in [5.41, 5.74) is 0.224. The number of anilines is 1. The van der Waals surface area contributed by atoms with E-state index >= 15 is 0 Å². The Balaban J connectivity index is 1.67. The van der Waals surface area contributed by atoms with Crippen LogP contribution in [-0.4, -0.2) is 23.1 Å². The highest BCUT2D eigenvalue weighted by Crippen LogP contribution is 2.28. The molecule has 2 N–H and O–H groups in total. The number of benzene rings is 1. The highest BCUT2D eigenvalue weighted by Gasteiger charge is 2.21. The van der Waals surface area contributed by atoms with Crippen LogP contribution in [0.4, 0.5) is 10.1 Å². The molecule has 0 radical (unpaired) electrons. The number of carboxylic acid groups (broad SMARTS) is 1. The summed E-state index contributed by atoms with van der Waals surface area (Å²) in [5, 5.41) is 11.2. The number of halogens is 1. The Labute approximate surface area is 130 Å². The number of aromatic carboxylic acids is 1. The fourth-order valence-electron chi connectivity index (χ4n) is 2.11. The van der Waals surface area contributed by atoms with E-state index < -0.39 is 17.7 Å². The number of ether oxygens (including phenoxy) is 1. The second-order valence-electron chi connectivity index (χ2n) is 5.24. The molecule has 0 atom stereocenters. The number of carbonyl (C=O) groups is 2. The zero-order chi connectivity index (χ0) is 16.4. The van der Waals surface area contributed by atoms with Crippen molar-refractivity contribution in [2.45, 2.75) is 25.4 Å². The highest BCUT2D eigenvalue weighted by molar-refractivity contribution is 6.02. The lowest BCUT2D eigenvalue weighted by Gasteiger charge is -2.26. The van der Waals surface area contributed by atoms with E-state index in [9.17, 15) is 14.0 Å². The van der Waals surface area contributed by atoms with Crippen molar-refractivity contribution in [2.24, 2.45) is 0 Å². The first-order valence-corrected chi connectivity index (χ1v) is 7.13. The molecule has 7 heteroatoms. The fourth-order valence-corrected chi connectivity index (χ4v) is 2.11.